The highest BCUT2D eigenvalue weighted by Crippen LogP contribution is 2.32. The van der Waals surface area contributed by atoms with Crippen molar-refractivity contribution in [1.29, 1.82) is 0 Å². The minimum atomic E-state index is -4.34. The van der Waals surface area contributed by atoms with E-state index in [0.717, 1.165) is 12.1 Å². The van der Waals surface area contributed by atoms with Gasteiger partial charge in [0.15, 0.2) is 0 Å². The minimum absolute atomic E-state index is 0.0161. The third-order valence-corrected chi connectivity index (χ3v) is 2.27. The number of halogens is 3. The average Bonchev–Trinajstić information content (AvgIpc) is 2.64. The van der Waals surface area contributed by atoms with E-state index in [2.05, 4.69) is 4.99 Å². The summed E-state index contributed by atoms with van der Waals surface area (Å²) >= 11 is 0. The topological polar surface area (TPSA) is 47.6 Å². The van der Waals surface area contributed by atoms with E-state index in [4.69, 9.17) is 10.5 Å². The molecule has 16 heavy (non-hydrogen) atoms. The van der Waals surface area contributed by atoms with E-state index >= 15 is 0 Å². The van der Waals surface area contributed by atoms with Crippen molar-refractivity contribution < 1.29 is 17.9 Å². The first kappa shape index (κ1) is 10.8. The van der Waals surface area contributed by atoms with Crippen molar-refractivity contribution in [2.24, 2.45) is 10.7 Å². The fourth-order valence-corrected chi connectivity index (χ4v) is 1.49. The van der Waals surface area contributed by atoms with Crippen LogP contribution in [-0.4, -0.2) is 12.6 Å². The van der Waals surface area contributed by atoms with Gasteiger partial charge in [-0.15, -0.1) is 0 Å². The average molecular weight is 230 g/mol. The quantitative estimate of drug-likeness (QED) is 0.803. The van der Waals surface area contributed by atoms with Crippen molar-refractivity contribution >= 4 is 6.02 Å². The number of benzene rings is 1. The standard InChI is InChI=1S/C10H9F3N2O/c11-10(12,13)7-3-1-2-6(4-7)8-5-16-9(14)15-8/h1-4,8H,5H2,(H2,14,15)/t8-/m0/s1. The highest BCUT2D eigenvalue weighted by atomic mass is 19.4. The molecule has 1 heterocycles. The molecule has 1 atom stereocenters. The summed E-state index contributed by atoms with van der Waals surface area (Å²) in [7, 11) is 0. The third-order valence-electron chi connectivity index (χ3n) is 2.27. The van der Waals surface area contributed by atoms with Crippen LogP contribution in [0.3, 0.4) is 0 Å². The van der Waals surface area contributed by atoms with Crippen LogP contribution >= 0.6 is 0 Å². The van der Waals surface area contributed by atoms with Gasteiger partial charge in [0.25, 0.3) is 6.02 Å². The second-order valence-electron chi connectivity index (χ2n) is 3.42. The third kappa shape index (κ3) is 2.10. The number of rotatable bonds is 1. The molecule has 86 valence electrons. The molecule has 0 bridgehead atoms. The van der Waals surface area contributed by atoms with Crippen molar-refractivity contribution in [3.05, 3.63) is 35.4 Å². The molecular weight excluding hydrogens is 221 g/mol. The van der Waals surface area contributed by atoms with Crippen molar-refractivity contribution in [3.63, 3.8) is 0 Å². The highest BCUT2D eigenvalue weighted by Gasteiger charge is 2.31. The van der Waals surface area contributed by atoms with Gasteiger partial charge in [-0.3, -0.25) is 0 Å². The summed E-state index contributed by atoms with van der Waals surface area (Å²) in [6.07, 6.45) is -4.34. The SMILES string of the molecule is NC1=N[C@H](c2cccc(C(F)(F)F)c2)CO1. The van der Waals surface area contributed by atoms with E-state index in [1.807, 2.05) is 0 Å². The largest absolute Gasteiger partial charge is 0.463 e. The number of nitrogens with zero attached hydrogens (tertiary/aromatic N) is 1. The predicted octanol–water partition coefficient (Wildman–Crippen LogP) is 2.09. The first-order chi connectivity index (χ1) is 7.47. The Morgan fingerprint density at radius 3 is 2.69 bits per heavy atom. The smallest absolute Gasteiger partial charge is 0.416 e. The van der Waals surface area contributed by atoms with Crippen LogP contribution in [-0.2, 0) is 10.9 Å². The molecule has 0 saturated carbocycles. The van der Waals surface area contributed by atoms with E-state index in [1.165, 1.54) is 6.07 Å². The van der Waals surface area contributed by atoms with Gasteiger partial charge in [0.2, 0.25) is 0 Å². The summed E-state index contributed by atoms with van der Waals surface area (Å²) in [4.78, 5) is 3.89. The zero-order valence-corrected chi connectivity index (χ0v) is 8.16. The summed E-state index contributed by atoms with van der Waals surface area (Å²) in [6.45, 7) is 0.188. The van der Waals surface area contributed by atoms with Crippen molar-refractivity contribution in [2.75, 3.05) is 6.61 Å². The first-order valence-electron chi connectivity index (χ1n) is 4.60. The van der Waals surface area contributed by atoms with E-state index in [1.54, 1.807) is 6.07 Å². The Balaban J connectivity index is 2.30. The van der Waals surface area contributed by atoms with Crippen LogP contribution in [0.25, 0.3) is 0 Å². The Kier molecular flexibility index (Phi) is 2.49. The zero-order chi connectivity index (χ0) is 11.8. The Hall–Kier alpha value is -1.72. The number of amidine groups is 1. The van der Waals surface area contributed by atoms with Crippen LogP contribution in [0.5, 0.6) is 0 Å². The predicted molar refractivity (Wildman–Crippen MR) is 51.8 cm³/mol. The summed E-state index contributed by atoms with van der Waals surface area (Å²) < 4.78 is 42.2. The van der Waals surface area contributed by atoms with Gasteiger partial charge in [-0.1, -0.05) is 12.1 Å². The van der Waals surface area contributed by atoms with E-state index in [0.29, 0.717) is 5.56 Å². The fourth-order valence-electron chi connectivity index (χ4n) is 1.49. The summed E-state index contributed by atoms with van der Waals surface area (Å²) in [5.74, 6) is 0. The molecule has 0 amide bonds. The molecule has 2 rings (SSSR count). The first-order valence-corrected chi connectivity index (χ1v) is 4.60. The lowest BCUT2D eigenvalue weighted by atomic mass is 10.1. The molecule has 1 aromatic carbocycles. The molecule has 0 aromatic heterocycles. The van der Waals surface area contributed by atoms with Gasteiger partial charge in [-0.25, -0.2) is 4.99 Å². The maximum absolute atomic E-state index is 12.4. The monoisotopic (exact) mass is 230 g/mol. The number of hydrogen-bond donors (Lipinski definition) is 1. The summed E-state index contributed by atoms with van der Waals surface area (Å²) in [6, 6.07) is 4.58. The van der Waals surface area contributed by atoms with Gasteiger partial charge in [0, 0.05) is 0 Å². The molecule has 0 unspecified atom stereocenters. The van der Waals surface area contributed by atoms with Gasteiger partial charge in [-0.05, 0) is 17.7 Å². The van der Waals surface area contributed by atoms with Crippen LogP contribution < -0.4 is 5.73 Å². The van der Waals surface area contributed by atoms with Crippen LogP contribution in [0.2, 0.25) is 0 Å². The second-order valence-corrected chi connectivity index (χ2v) is 3.42. The lowest BCUT2D eigenvalue weighted by Crippen LogP contribution is -2.10. The molecule has 0 saturated heterocycles. The van der Waals surface area contributed by atoms with E-state index in [9.17, 15) is 13.2 Å². The normalized spacial score (nSPS) is 20.4. The van der Waals surface area contributed by atoms with Crippen LogP contribution in [0, 0.1) is 0 Å². The molecule has 0 aliphatic carbocycles. The fraction of sp³-hybridized carbons (Fsp3) is 0.300. The minimum Gasteiger partial charge on any atom is -0.463 e. The molecule has 3 nitrogen and oxygen atoms in total. The maximum Gasteiger partial charge on any atom is 0.416 e. The Labute approximate surface area is 89.7 Å². The molecule has 2 N–H and O–H groups in total. The number of hydrogen-bond acceptors (Lipinski definition) is 3. The Morgan fingerprint density at radius 2 is 2.12 bits per heavy atom. The molecule has 1 aliphatic rings. The van der Waals surface area contributed by atoms with Crippen molar-refractivity contribution in [1.82, 2.24) is 0 Å². The lowest BCUT2D eigenvalue weighted by molar-refractivity contribution is -0.137. The molecule has 6 heteroatoms. The highest BCUT2D eigenvalue weighted by molar-refractivity contribution is 5.73. The summed E-state index contributed by atoms with van der Waals surface area (Å²) in [5, 5.41) is 0. The van der Waals surface area contributed by atoms with Gasteiger partial charge in [-0.2, -0.15) is 13.2 Å². The lowest BCUT2D eigenvalue weighted by Gasteiger charge is -2.10. The van der Waals surface area contributed by atoms with E-state index < -0.39 is 17.8 Å². The molecule has 1 aliphatic heterocycles. The Bertz CT molecular complexity index is 428. The second kappa shape index (κ2) is 3.70. The molecule has 0 spiro atoms. The maximum atomic E-state index is 12.4. The molecule has 0 fully saturated rings. The van der Waals surface area contributed by atoms with Gasteiger partial charge < -0.3 is 10.5 Å². The van der Waals surface area contributed by atoms with Crippen LogP contribution in [0.1, 0.15) is 17.2 Å². The van der Waals surface area contributed by atoms with E-state index in [-0.39, 0.29) is 12.6 Å². The number of nitrogens with two attached hydrogens (primary N) is 1. The van der Waals surface area contributed by atoms with Gasteiger partial charge >= 0.3 is 6.18 Å². The summed E-state index contributed by atoms with van der Waals surface area (Å²) in [5.41, 5.74) is 5.06. The van der Waals surface area contributed by atoms with Crippen molar-refractivity contribution in [3.8, 4) is 0 Å². The molecule has 1 aromatic rings. The number of alkyl halides is 3. The number of aliphatic imine (C=N–C) groups is 1. The van der Waals surface area contributed by atoms with Gasteiger partial charge in [0.05, 0.1) is 5.56 Å². The van der Waals surface area contributed by atoms with Crippen molar-refractivity contribution in [2.45, 2.75) is 12.2 Å². The molecule has 0 radical (unpaired) electrons. The van der Waals surface area contributed by atoms with Crippen LogP contribution in [0.4, 0.5) is 13.2 Å². The Morgan fingerprint density at radius 1 is 1.38 bits per heavy atom. The zero-order valence-electron chi connectivity index (χ0n) is 8.16. The molecular formula is C10H9F3N2O. The van der Waals surface area contributed by atoms with Crippen LogP contribution in [0.15, 0.2) is 29.3 Å². The number of ether oxygens (including phenoxy) is 1. The van der Waals surface area contributed by atoms with Gasteiger partial charge in [0.1, 0.15) is 12.6 Å².